The predicted molar refractivity (Wildman–Crippen MR) is 244 cm³/mol. The Hall–Kier alpha value is -7.68. The molecule has 0 unspecified atom stereocenters. The van der Waals surface area contributed by atoms with Gasteiger partial charge >= 0.3 is 0 Å². The monoisotopic (exact) mass is 741 g/mol. The lowest BCUT2D eigenvalue weighted by Crippen LogP contribution is -2.09. The molecule has 10 rings (SSSR count). The minimum absolute atomic E-state index is 0.868. The summed E-state index contributed by atoms with van der Waals surface area (Å²) in [4.78, 5) is 2.33. The number of hydrogen-bond donors (Lipinski definition) is 0. The molecule has 0 radical (unpaired) electrons. The molecule has 0 amide bonds. The van der Waals surface area contributed by atoms with E-state index >= 15 is 0 Å². The third kappa shape index (κ3) is 7.00. The Bertz CT molecular complexity index is 2770. The van der Waals surface area contributed by atoms with Crippen LogP contribution in [0.15, 0.2) is 241 Å². The van der Waals surface area contributed by atoms with Crippen LogP contribution in [0, 0.1) is 0 Å². The van der Waals surface area contributed by atoms with Crippen LogP contribution in [0.25, 0.3) is 77.9 Å². The number of benzene rings is 9. The van der Waals surface area contributed by atoms with Crippen molar-refractivity contribution >= 4 is 28.0 Å². The Labute approximate surface area is 339 Å². The molecule has 9 aromatic carbocycles. The molecule has 0 aliphatic rings. The maximum Gasteiger partial charge on any atom is 0.136 e. The minimum atomic E-state index is 0.868. The largest absolute Gasteiger partial charge is 0.456 e. The van der Waals surface area contributed by atoms with Gasteiger partial charge < -0.3 is 9.32 Å². The number of nitrogens with zero attached hydrogens (tertiary/aromatic N) is 1. The molecule has 0 aliphatic heterocycles. The average molecular weight is 742 g/mol. The van der Waals surface area contributed by atoms with E-state index in [-0.39, 0.29) is 0 Å². The van der Waals surface area contributed by atoms with Crippen molar-refractivity contribution in [3.8, 4) is 67.0 Å². The number of fused-ring (bicyclic) bond motifs is 1. The molecule has 2 nitrogen and oxygen atoms in total. The molecular weight excluding hydrogens is 703 g/mol. The normalized spacial score (nSPS) is 11.1. The van der Waals surface area contributed by atoms with E-state index in [1.54, 1.807) is 0 Å². The van der Waals surface area contributed by atoms with Crippen molar-refractivity contribution < 1.29 is 4.42 Å². The Morgan fingerprint density at radius 2 is 0.586 bits per heavy atom. The van der Waals surface area contributed by atoms with Crippen molar-refractivity contribution in [2.24, 2.45) is 0 Å². The van der Waals surface area contributed by atoms with Crippen molar-refractivity contribution in [1.82, 2.24) is 0 Å². The van der Waals surface area contributed by atoms with Gasteiger partial charge in [0.25, 0.3) is 0 Å². The SMILES string of the molecule is c1ccc(-c2ccc(-c3ccc(N(c4ccc(-c5ccc(-c6ccccc6)cc5)cc4)c4ccc(-c5ccccc5-c5cc6ccccc6o5)cc4)cc3)cc2)cc1. The van der Waals surface area contributed by atoms with Crippen LogP contribution >= 0.6 is 0 Å². The van der Waals surface area contributed by atoms with Crippen LogP contribution in [0.2, 0.25) is 0 Å². The Morgan fingerprint density at radius 1 is 0.259 bits per heavy atom. The van der Waals surface area contributed by atoms with E-state index in [0.717, 1.165) is 50.5 Å². The van der Waals surface area contributed by atoms with Crippen molar-refractivity contribution in [3.63, 3.8) is 0 Å². The Kier molecular flexibility index (Phi) is 9.27. The smallest absolute Gasteiger partial charge is 0.136 e. The zero-order valence-corrected chi connectivity index (χ0v) is 31.9. The van der Waals surface area contributed by atoms with Crippen LogP contribution in [0.1, 0.15) is 0 Å². The first-order valence-corrected chi connectivity index (χ1v) is 19.7. The van der Waals surface area contributed by atoms with Gasteiger partial charge in [0.1, 0.15) is 11.3 Å². The molecule has 0 bridgehead atoms. The zero-order valence-electron chi connectivity index (χ0n) is 31.9. The topological polar surface area (TPSA) is 16.4 Å². The first-order chi connectivity index (χ1) is 28.7. The van der Waals surface area contributed by atoms with Crippen molar-refractivity contribution in [3.05, 3.63) is 237 Å². The van der Waals surface area contributed by atoms with Gasteiger partial charge in [-0.2, -0.15) is 0 Å². The van der Waals surface area contributed by atoms with Gasteiger partial charge in [0.2, 0.25) is 0 Å². The van der Waals surface area contributed by atoms with Crippen molar-refractivity contribution in [1.29, 1.82) is 0 Å². The summed E-state index contributed by atoms with van der Waals surface area (Å²) in [7, 11) is 0. The maximum absolute atomic E-state index is 6.32. The summed E-state index contributed by atoms with van der Waals surface area (Å²) in [6.45, 7) is 0. The second-order valence-corrected chi connectivity index (χ2v) is 14.6. The Balaban J connectivity index is 0.983. The fraction of sp³-hybridized carbons (Fsp3) is 0. The fourth-order valence-corrected chi connectivity index (χ4v) is 7.88. The summed E-state index contributed by atoms with van der Waals surface area (Å²) in [6, 6.07) is 84.1. The molecular formula is C56H39NO. The summed E-state index contributed by atoms with van der Waals surface area (Å²) < 4.78 is 6.32. The molecule has 0 atom stereocenters. The van der Waals surface area contributed by atoms with E-state index in [1.165, 1.54) is 44.5 Å². The molecule has 2 heteroatoms. The molecule has 58 heavy (non-hydrogen) atoms. The van der Waals surface area contributed by atoms with E-state index in [2.05, 4.69) is 223 Å². The molecule has 274 valence electrons. The molecule has 0 aliphatic carbocycles. The first kappa shape index (κ1) is 34.8. The predicted octanol–water partition coefficient (Wildman–Crippen LogP) is 15.9. The molecule has 1 heterocycles. The van der Waals surface area contributed by atoms with Gasteiger partial charge in [0, 0.05) is 28.0 Å². The third-order valence-electron chi connectivity index (χ3n) is 11.0. The standard InChI is InChI=1S/C56H39NO/c1-3-11-40(12-4-1)42-19-23-44(24-20-42)46-27-33-50(34-28-46)57(51-35-29-47(30-36-51)45-25-21-43(22-26-45)41-13-5-2-6-14-41)52-37-31-48(32-38-52)53-16-8-9-17-54(53)56-39-49-15-7-10-18-55(49)58-56/h1-39H. The lowest BCUT2D eigenvalue weighted by Gasteiger charge is -2.26. The van der Waals surface area contributed by atoms with E-state index in [4.69, 9.17) is 4.42 Å². The van der Waals surface area contributed by atoms with Crippen molar-refractivity contribution in [2.75, 3.05) is 4.90 Å². The summed E-state index contributed by atoms with van der Waals surface area (Å²) in [5.74, 6) is 0.868. The summed E-state index contributed by atoms with van der Waals surface area (Å²) >= 11 is 0. The quantitative estimate of drug-likeness (QED) is 0.146. The molecule has 0 spiro atoms. The van der Waals surface area contributed by atoms with Crippen molar-refractivity contribution in [2.45, 2.75) is 0 Å². The summed E-state index contributed by atoms with van der Waals surface area (Å²) in [5.41, 5.74) is 17.1. The van der Waals surface area contributed by atoms with Crippen LogP contribution in [-0.4, -0.2) is 0 Å². The maximum atomic E-state index is 6.32. The highest BCUT2D eigenvalue weighted by Gasteiger charge is 2.16. The van der Waals surface area contributed by atoms with E-state index in [1.807, 2.05) is 18.2 Å². The molecule has 10 aromatic rings. The molecule has 0 N–H and O–H groups in total. The highest BCUT2D eigenvalue weighted by Crippen LogP contribution is 2.40. The van der Waals surface area contributed by atoms with E-state index < -0.39 is 0 Å². The highest BCUT2D eigenvalue weighted by molar-refractivity contribution is 5.89. The van der Waals surface area contributed by atoms with E-state index in [0.29, 0.717) is 0 Å². The third-order valence-corrected chi connectivity index (χ3v) is 11.0. The summed E-state index contributed by atoms with van der Waals surface area (Å²) in [6.07, 6.45) is 0. The van der Waals surface area contributed by atoms with Crippen LogP contribution in [0.5, 0.6) is 0 Å². The lowest BCUT2D eigenvalue weighted by molar-refractivity contribution is 0.632. The van der Waals surface area contributed by atoms with Crippen LogP contribution in [0.4, 0.5) is 17.1 Å². The average Bonchev–Trinajstić information content (AvgIpc) is 3.75. The Morgan fingerprint density at radius 3 is 1.02 bits per heavy atom. The molecule has 0 saturated heterocycles. The lowest BCUT2D eigenvalue weighted by atomic mass is 9.97. The van der Waals surface area contributed by atoms with Gasteiger partial charge in [-0.15, -0.1) is 0 Å². The summed E-state index contributed by atoms with van der Waals surface area (Å²) in [5, 5.41) is 1.10. The first-order valence-electron chi connectivity index (χ1n) is 19.7. The molecule has 1 aromatic heterocycles. The van der Waals surface area contributed by atoms with Gasteiger partial charge in [-0.1, -0.05) is 188 Å². The zero-order chi connectivity index (χ0) is 38.7. The van der Waals surface area contributed by atoms with Gasteiger partial charge in [-0.25, -0.2) is 0 Å². The van der Waals surface area contributed by atoms with Gasteiger partial charge in [0.15, 0.2) is 0 Å². The van der Waals surface area contributed by atoms with Crippen LogP contribution in [-0.2, 0) is 0 Å². The van der Waals surface area contributed by atoms with E-state index in [9.17, 15) is 0 Å². The molecule has 0 saturated carbocycles. The second-order valence-electron chi connectivity index (χ2n) is 14.6. The van der Waals surface area contributed by atoms with Crippen LogP contribution < -0.4 is 4.90 Å². The molecule has 0 fully saturated rings. The van der Waals surface area contributed by atoms with Crippen LogP contribution in [0.3, 0.4) is 0 Å². The minimum Gasteiger partial charge on any atom is -0.456 e. The van der Waals surface area contributed by atoms with Gasteiger partial charge in [-0.05, 0) is 104 Å². The highest BCUT2D eigenvalue weighted by atomic mass is 16.3. The van der Waals surface area contributed by atoms with Gasteiger partial charge in [-0.3, -0.25) is 0 Å². The number of rotatable bonds is 9. The second kappa shape index (κ2) is 15.5. The fourth-order valence-electron chi connectivity index (χ4n) is 7.88. The van der Waals surface area contributed by atoms with Gasteiger partial charge in [0.05, 0.1) is 0 Å². The number of para-hydroxylation sites is 1. The number of hydrogen-bond acceptors (Lipinski definition) is 2. The number of furan rings is 1. The number of anilines is 3.